The molecule has 1 aliphatic rings. The molecule has 0 aliphatic carbocycles. The molecule has 0 N–H and O–H groups in total. The van der Waals surface area contributed by atoms with Gasteiger partial charge in [-0.15, -0.1) is 22.2 Å². The topological polar surface area (TPSA) is 18.5 Å². The number of hydrogen-bond acceptors (Lipinski definition) is 2. The molecule has 5 heteroatoms. The van der Waals surface area contributed by atoms with Crippen LogP contribution in [0.25, 0.3) is 0 Å². The van der Waals surface area contributed by atoms with Crippen molar-refractivity contribution >= 4 is 34.8 Å². The Kier molecular flexibility index (Phi) is 4.27. The number of ether oxygens (including phenoxy) is 2. The van der Waals surface area contributed by atoms with E-state index in [4.69, 9.17) is 31.6 Å². The molecule has 0 radical (unpaired) electrons. The molecule has 100 valence electrons. The number of hydrogen-bond donors (Lipinski definition) is 0. The first-order valence-electron chi connectivity index (χ1n) is 6.13. The first-order chi connectivity index (χ1) is 8.39. The molecular weight excluding hydrogens is 287 g/mol. The minimum absolute atomic E-state index is 0.526. The highest BCUT2D eigenvalue weighted by Crippen LogP contribution is 2.34. The second kappa shape index (κ2) is 5.41. The Labute approximate surface area is 119 Å². The Bertz CT molecular complexity index is 437. The highest BCUT2D eigenvalue weighted by Gasteiger charge is 2.33. The van der Waals surface area contributed by atoms with Gasteiger partial charge in [0.15, 0.2) is 0 Å². The van der Waals surface area contributed by atoms with Gasteiger partial charge in [-0.3, -0.25) is 0 Å². The lowest BCUT2D eigenvalue weighted by atomic mass is 10.0. The van der Waals surface area contributed by atoms with E-state index in [-0.39, 0.29) is 0 Å². The maximum atomic E-state index is 5.99. The fourth-order valence-electron chi connectivity index (χ4n) is 2.28. The van der Waals surface area contributed by atoms with Gasteiger partial charge in [-0.2, -0.15) is 0 Å². The summed E-state index contributed by atoms with van der Waals surface area (Å²) in [7, 11) is -1.80. The summed E-state index contributed by atoms with van der Waals surface area (Å²) in [5.41, 5.74) is 1.03. The van der Waals surface area contributed by atoms with Gasteiger partial charge in [0, 0.05) is 18.9 Å². The zero-order valence-corrected chi connectivity index (χ0v) is 13.5. The van der Waals surface area contributed by atoms with Crippen molar-refractivity contribution in [1.82, 2.24) is 0 Å². The van der Waals surface area contributed by atoms with Gasteiger partial charge in [-0.25, -0.2) is 0 Å². The van der Waals surface area contributed by atoms with Crippen LogP contribution in [0.5, 0.6) is 5.75 Å². The van der Waals surface area contributed by atoms with Crippen molar-refractivity contribution in [1.29, 1.82) is 0 Å². The van der Waals surface area contributed by atoms with Gasteiger partial charge < -0.3 is 9.47 Å². The first-order valence-corrected chi connectivity index (χ1v) is 10.2. The third-order valence-corrected chi connectivity index (χ3v) is 5.35. The van der Waals surface area contributed by atoms with E-state index in [1.165, 1.54) is 0 Å². The number of halogens is 2. The van der Waals surface area contributed by atoms with Crippen LogP contribution in [-0.2, 0) is 11.3 Å². The minimum atomic E-state index is -1.80. The van der Waals surface area contributed by atoms with Crippen LogP contribution in [0.3, 0.4) is 0 Å². The highest BCUT2D eigenvalue weighted by molar-refractivity contribution is 7.39. The molecule has 2 rings (SSSR count). The van der Waals surface area contributed by atoms with E-state index in [9.17, 15) is 0 Å². The monoisotopic (exact) mass is 304 g/mol. The Hall–Kier alpha value is -0.223. The van der Waals surface area contributed by atoms with Crippen molar-refractivity contribution in [3.8, 4) is 5.75 Å². The van der Waals surface area contributed by atoms with Crippen LogP contribution < -0.4 is 9.92 Å². The molecule has 0 fully saturated rings. The van der Waals surface area contributed by atoms with Crippen LogP contribution in [0.2, 0.25) is 0 Å². The largest absolute Gasteiger partial charge is 0.462 e. The molecule has 1 aromatic carbocycles. The maximum absolute atomic E-state index is 5.99. The van der Waals surface area contributed by atoms with Gasteiger partial charge in [0.05, 0.1) is 6.61 Å². The van der Waals surface area contributed by atoms with E-state index in [2.05, 4.69) is 13.8 Å². The Morgan fingerprint density at radius 2 is 2.11 bits per heavy atom. The van der Waals surface area contributed by atoms with Crippen molar-refractivity contribution < 1.29 is 9.47 Å². The molecule has 2 nitrogen and oxygen atoms in total. The van der Waals surface area contributed by atoms with Crippen molar-refractivity contribution in [2.75, 3.05) is 0 Å². The molecule has 0 amide bonds. The van der Waals surface area contributed by atoms with Crippen molar-refractivity contribution in [2.45, 2.75) is 39.6 Å². The van der Waals surface area contributed by atoms with Gasteiger partial charge in [0.1, 0.15) is 5.75 Å². The summed E-state index contributed by atoms with van der Waals surface area (Å²) in [5, 5.41) is 1.01. The molecule has 1 aromatic rings. The standard InChI is InChI=1S/C13H18Cl2O2Si/c1-9(2)7-13(3)16-8-10-6-11(18(14)15)4-5-12(10)17-13/h4-6,9,18H,7-8H2,1-3H3. The van der Waals surface area contributed by atoms with Gasteiger partial charge in [0.2, 0.25) is 5.79 Å². The average molecular weight is 305 g/mol. The molecule has 0 spiro atoms. The second-order valence-corrected chi connectivity index (χ2v) is 9.85. The normalized spacial score (nSPS) is 23.1. The molecule has 1 atom stereocenters. The quantitative estimate of drug-likeness (QED) is 0.630. The zero-order chi connectivity index (χ0) is 13.3. The lowest BCUT2D eigenvalue weighted by Crippen LogP contribution is -2.40. The van der Waals surface area contributed by atoms with E-state index in [1.807, 2.05) is 25.1 Å². The summed E-state index contributed by atoms with van der Waals surface area (Å²) >= 11 is 12.0. The predicted octanol–water partition coefficient (Wildman–Crippen LogP) is 3.26. The summed E-state index contributed by atoms with van der Waals surface area (Å²) < 4.78 is 11.8. The molecule has 1 unspecified atom stereocenters. The molecule has 1 aliphatic heterocycles. The number of fused-ring (bicyclic) bond motifs is 1. The number of rotatable bonds is 3. The summed E-state index contributed by atoms with van der Waals surface area (Å²) in [4.78, 5) is 0. The van der Waals surface area contributed by atoms with Crippen LogP contribution in [0.1, 0.15) is 32.8 Å². The molecular formula is C13H18Cl2O2Si. The lowest BCUT2D eigenvalue weighted by Gasteiger charge is -2.37. The zero-order valence-electron chi connectivity index (χ0n) is 10.9. The number of benzene rings is 1. The van der Waals surface area contributed by atoms with E-state index in [1.54, 1.807) is 0 Å². The smallest absolute Gasteiger partial charge is 0.266 e. The Balaban J connectivity index is 2.20. The van der Waals surface area contributed by atoms with Gasteiger partial charge in [-0.1, -0.05) is 26.0 Å². The minimum Gasteiger partial charge on any atom is -0.462 e. The molecule has 0 aromatic heterocycles. The van der Waals surface area contributed by atoms with Crippen molar-refractivity contribution in [2.24, 2.45) is 5.92 Å². The van der Waals surface area contributed by atoms with E-state index < -0.39 is 13.2 Å². The second-order valence-electron chi connectivity index (χ2n) is 5.29. The van der Waals surface area contributed by atoms with Crippen LogP contribution in [-0.4, -0.2) is 13.2 Å². The Morgan fingerprint density at radius 3 is 2.72 bits per heavy atom. The van der Waals surface area contributed by atoms with Gasteiger partial charge >= 0.3 is 0 Å². The fourth-order valence-corrected chi connectivity index (χ4v) is 3.67. The Morgan fingerprint density at radius 1 is 1.39 bits per heavy atom. The third kappa shape index (κ3) is 3.21. The maximum Gasteiger partial charge on any atom is 0.266 e. The van der Waals surface area contributed by atoms with Crippen LogP contribution in [0.4, 0.5) is 0 Å². The average Bonchev–Trinajstić information content (AvgIpc) is 2.26. The van der Waals surface area contributed by atoms with E-state index in [0.29, 0.717) is 12.5 Å². The van der Waals surface area contributed by atoms with E-state index in [0.717, 1.165) is 22.9 Å². The van der Waals surface area contributed by atoms with Gasteiger partial charge in [-0.05, 0) is 17.2 Å². The summed E-state index contributed by atoms with van der Waals surface area (Å²) in [5.74, 6) is 0.885. The molecule has 1 heterocycles. The van der Waals surface area contributed by atoms with Crippen LogP contribution in [0, 0.1) is 5.92 Å². The summed E-state index contributed by atoms with van der Waals surface area (Å²) in [6, 6.07) is 5.91. The van der Waals surface area contributed by atoms with Crippen molar-refractivity contribution in [3.63, 3.8) is 0 Å². The SMILES string of the molecule is CC(C)CC1(C)OCc2cc([SiH](Cl)Cl)ccc2O1. The third-order valence-electron chi connectivity index (χ3n) is 2.97. The van der Waals surface area contributed by atoms with Gasteiger partial charge in [0.25, 0.3) is 7.42 Å². The molecule has 0 saturated carbocycles. The van der Waals surface area contributed by atoms with Crippen LogP contribution in [0.15, 0.2) is 18.2 Å². The molecule has 0 saturated heterocycles. The molecule has 18 heavy (non-hydrogen) atoms. The highest BCUT2D eigenvalue weighted by atomic mass is 35.7. The summed E-state index contributed by atoms with van der Waals surface area (Å²) in [6.45, 7) is 6.87. The fraction of sp³-hybridized carbons (Fsp3) is 0.538. The predicted molar refractivity (Wildman–Crippen MR) is 78.2 cm³/mol. The van der Waals surface area contributed by atoms with E-state index >= 15 is 0 Å². The summed E-state index contributed by atoms with van der Waals surface area (Å²) in [6.07, 6.45) is 0.872. The molecule has 0 bridgehead atoms. The van der Waals surface area contributed by atoms with Crippen LogP contribution >= 0.6 is 22.2 Å². The van der Waals surface area contributed by atoms with Crippen molar-refractivity contribution in [3.05, 3.63) is 23.8 Å². The lowest BCUT2D eigenvalue weighted by molar-refractivity contribution is -0.202. The first kappa shape index (κ1) is 14.2.